The van der Waals surface area contributed by atoms with Gasteiger partial charge in [-0.1, -0.05) is 24.3 Å². The molecule has 4 nitrogen and oxygen atoms in total. The van der Waals surface area contributed by atoms with E-state index >= 15 is 0 Å². The second-order valence-electron chi connectivity index (χ2n) is 4.37. The maximum absolute atomic E-state index is 11.4. The molecule has 0 saturated carbocycles. The Labute approximate surface area is 107 Å². The van der Waals surface area contributed by atoms with Crippen molar-refractivity contribution in [2.75, 3.05) is 0 Å². The van der Waals surface area contributed by atoms with Crippen LogP contribution in [0.3, 0.4) is 0 Å². The standard InChI is InChI=1S/C14H20O4/c1-11-5-4-8-12(15)6-2-3-7-13(16)9-10-14(17)18-11/h2-3,6-7,9-13,15-16H,4-5,8H2,1H3/b6-2+,7-3-,10-9+/t11-,12-,13-/m0/s1. The third-order valence-corrected chi connectivity index (χ3v) is 2.61. The van der Waals surface area contributed by atoms with Crippen LogP contribution < -0.4 is 0 Å². The second-order valence-corrected chi connectivity index (χ2v) is 4.37. The molecule has 0 aromatic carbocycles. The largest absolute Gasteiger partial charge is 0.460 e. The molecule has 1 heterocycles. The Morgan fingerprint density at radius 2 is 1.89 bits per heavy atom. The van der Waals surface area contributed by atoms with Crippen molar-refractivity contribution in [2.45, 2.75) is 44.5 Å². The maximum Gasteiger partial charge on any atom is 0.330 e. The summed E-state index contributed by atoms with van der Waals surface area (Å²) in [5.74, 6) is -0.455. The van der Waals surface area contributed by atoms with Crippen LogP contribution in [0.25, 0.3) is 0 Å². The van der Waals surface area contributed by atoms with Gasteiger partial charge >= 0.3 is 5.97 Å². The van der Waals surface area contributed by atoms with Crippen molar-refractivity contribution in [3.63, 3.8) is 0 Å². The summed E-state index contributed by atoms with van der Waals surface area (Å²) < 4.78 is 5.12. The summed E-state index contributed by atoms with van der Waals surface area (Å²) in [5.41, 5.74) is 0. The molecule has 1 aliphatic heterocycles. The van der Waals surface area contributed by atoms with Crippen molar-refractivity contribution < 1.29 is 19.7 Å². The molecule has 100 valence electrons. The smallest absolute Gasteiger partial charge is 0.330 e. The number of ether oxygens (including phenoxy) is 1. The third kappa shape index (κ3) is 6.37. The van der Waals surface area contributed by atoms with Crippen molar-refractivity contribution >= 4 is 5.97 Å². The van der Waals surface area contributed by atoms with E-state index in [0.717, 1.165) is 6.42 Å². The van der Waals surface area contributed by atoms with Crippen LogP contribution in [-0.4, -0.2) is 34.5 Å². The lowest BCUT2D eigenvalue weighted by atomic mass is 10.1. The summed E-state index contributed by atoms with van der Waals surface area (Å²) in [4.78, 5) is 11.4. The predicted molar refractivity (Wildman–Crippen MR) is 68.8 cm³/mol. The van der Waals surface area contributed by atoms with Gasteiger partial charge in [0.2, 0.25) is 0 Å². The Hall–Kier alpha value is -1.39. The lowest BCUT2D eigenvalue weighted by Gasteiger charge is -2.13. The van der Waals surface area contributed by atoms with Gasteiger partial charge in [0.25, 0.3) is 0 Å². The zero-order valence-corrected chi connectivity index (χ0v) is 10.5. The number of cyclic esters (lactones) is 1. The Kier molecular flexibility index (Phi) is 6.39. The molecule has 18 heavy (non-hydrogen) atoms. The first-order valence-electron chi connectivity index (χ1n) is 6.18. The lowest BCUT2D eigenvalue weighted by Crippen LogP contribution is -2.14. The normalized spacial score (nSPS) is 36.2. The molecule has 0 unspecified atom stereocenters. The predicted octanol–water partition coefficient (Wildman–Crippen LogP) is 1.49. The number of rotatable bonds is 0. The number of hydrogen-bond acceptors (Lipinski definition) is 4. The molecular weight excluding hydrogens is 232 g/mol. The number of aliphatic hydroxyl groups excluding tert-OH is 2. The fraction of sp³-hybridized carbons (Fsp3) is 0.500. The molecule has 0 bridgehead atoms. The van der Waals surface area contributed by atoms with E-state index in [1.165, 1.54) is 18.2 Å². The summed E-state index contributed by atoms with van der Waals surface area (Å²) in [6.07, 6.45) is 9.71. The number of carbonyl (C=O) groups is 1. The highest BCUT2D eigenvalue weighted by atomic mass is 16.5. The van der Waals surface area contributed by atoms with Crippen molar-refractivity contribution in [3.8, 4) is 0 Å². The average Bonchev–Trinajstić information content (AvgIpc) is 2.31. The van der Waals surface area contributed by atoms with Gasteiger partial charge in [-0.3, -0.25) is 0 Å². The molecule has 0 radical (unpaired) electrons. The molecule has 4 heteroatoms. The molecule has 0 aromatic heterocycles. The molecule has 0 fully saturated rings. The topological polar surface area (TPSA) is 66.8 Å². The average molecular weight is 252 g/mol. The van der Waals surface area contributed by atoms with Crippen LogP contribution in [0.4, 0.5) is 0 Å². The molecular formula is C14H20O4. The van der Waals surface area contributed by atoms with E-state index in [-0.39, 0.29) is 6.10 Å². The molecule has 1 aliphatic rings. The molecule has 3 atom stereocenters. The maximum atomic E-state index is 11.4. The monoisotopic (exact) mass is 252 g/mol. The number of carbonyl (C=O) groups excluding carboxylic acids is 1. The van der Waals surface area contributed by atoms with E-state index in [4.69, 9.17) is 4.74 Å². The third-order valence-electron chi connectivity index (χ3n) is 2.61. The van der Waals surface area contributed by atoms with Crippen LogP contribution in [0.5, 0.6) is 0 Å². The van der Waals surface area contributed by atoms with Gasteiger partial charge in [0, 0.05) is 6.08 Å². The molecule has 0 saturated heterocycles. The summed E-state index contributed by atoms with van der Waals surface area (Å²) in [6.45, 7) is 1.82. The molecule has 0 aromatic rings. The fourth-order valence-corrected chi connectivity index (χ4v) is 1.62. The second kappa shape index (κ2) is 7.84. The Morgan fingerprint density at radius 1 is 1.17 bits per heavy atom. The Balaban J connectivity index is 2.68. The van der Waals surface area contributed by atoms with Gasteiger partial charge in [-0.05, 0) is 32.3 Å². The van der Waals surface area contributed by atoms with Crippen LogP contribution in [0, 0.1) is 0 Å². The SMILES string of the molecule is C[C@H]1CCC[C@@H](O)/C=C/C=C\[C@H](O)/C=C/C(=O)O1. The van der Waals surface area contributed by atoms with Gasteiger partial charge in [0.1, 0.15) is 0 Å². The first-order valence-corrected chi connectivity index (χ1v) is 6.18. The summed E-state index contributed by atoms with van der Waals surface area (Å²) in [7, 11) is 0. The quantitative estimate of drug-likeness (QED) is 0.641. The minimum Gasteiger partial charge on any atom is -0.460 e. The summed E-state index contributed by atoms with van der Waals surface area (Å²) in [5, 5.41) is 19.1. The van der Waals surface area contributed by atoms with E-state index in [2.05, 4.69) is 0 Å². The number of hydrogen-bond donors (Lipinski definition) is 2. The van der Waals surface area contributed by atoms with E-state index in [1.807, 2.05) is 6.92 Å². The highest BCUT2D eigenvalue weighted by Crippen LogP contribution is 2.09. The van der Waals surface area contributed by atoms with Gasteiger partial charge in [-0.15, -0.1) is 0 Å². The van der Waals surface area contributed by atoms with Crippen molar-refractivity contribution in [1.29, 1.82) is 0 Å². The number of esters is 1. The van der Waals surface area contributed by atoms with E-state index in [0.29, 0.717) is 12.8 Å². The van der Waals surface area contributed by atoms with Crippen molar-refractivity contribution in [3.05, 3.63) is 36.5 Å². The van der Waals surface area contributed by atoms with Gasteiger partial charge in [0.15, 0.2) is 0 Å². The Bertz CT molecular complexity index is 344. The van der Waals surface area contributed by atoms with Gasteiger partial charge in [-0.2, -0.15) is 0 Å². The van der Waals surface area contributed by atoms with Crippen LogP contribution in [0.2, 0.25) is 0 Å². The van der Waals surface area contributed by atoms with E-state index in [9.17, 15) is 15.0 Å². The van der Waals surface area contributed by atoms with Crippen LogP contribution >= 0.6 is 0 Å². The molecule has 0 amide bonds. The highest BCUT2D eigenvalue weighted by molar-refractivity contribution is 5.82. The van der Waals surface area contributed by atoms with Gasteiger partial charge < -0.3 is 14.9 Å². The molecule has 0 aliphatic carbocycles. The zero-order chi connectivity index (χ0) is 13.4. The molecule has 1 rings (SSSR count). The minimum atomic E-state index is -0.836. The Morgan fingerprint density at radius 3 is 2.67 bits per heavy atom. The highest BCUT2D eigenvalue weighted by Gasteiger charge is 2.08. The first kappa shape index (κ1) is 14.7. The molecule has 0 spiro atoms. The first-order chi connectivity index (χ1) is 8.58. The van der Waals surface area contributed by atoms with Gasteiger partial charge in [-0.25, -0.2) is 4.79 Å². The fourth-order valence-electron chi connectivity index (χ4n) is 1.62. The summed E-state index contributed by atoms with van der Waals surface area (Å²) >= 11 is 0. The van der Waals surface area contributed by atoms with Crippen LogP contribution in [-0.2, 0) is 9.53 Å². The van der Waals surface area contributed by atoms with Gasteiger partial charge in [0.05, 0.1) is 18.3 Å². The van der Waals surface area contributed by atoms with E-state index in [1.54, 1.807) is 18.2 Å². The van der Waals surface area contributed by atoms with Crippen LogP contribution in [0.1, 0.15) is 26.2 Å². The number of allylic oxidation sites excluding steroid dienone is 2. The number of aliphatic hydroxyl groups is 2. The lowest BCUT2D eigenvalue weighted by molar-refractivity contribution is -0.142. The van der Waals surface area contributed by atoms with Crippen molar-refractivity contribution in [2.24, 2.45) is 0 Å². The summed E-state index contributed by atoms with van der Waals surface area (Å²) in [6, 6.07) is 0. The zero-order valence-electron chi connectivity index (χ0n) is 10.5. The van der Waals surface area contributed by atoms with Crippen LogP contribution in [0.15, 0.2) is 36.5 Å². The van der Waals surface area contributed by atoms with Crippen molar-refractivity contribution in [1.82, 2.24) is 0 Å². The van der Waals surface area contributed by atoms with E-state index < -0.39 is 18.2 Å². The molecule has 2 N–H and O–H groups in total. The minimum absolute atomic E-state index is 0.186.